The van der Waals surface area contributed by atoms with Crippen LogP contribution in [-0.2, 0) is 5.88 Å². The fourth-order valence-electron chi connectivity index (χ4n) is 3.71. The van der Waals surface area contributed by atoms with Crippen molar-refractivity contribution in [2.75, 3.05) is 0 Å². The molecule has 20 heavy (non-hydrogen) atoms. The predicted molar refractivity (Wildman–Crippen MR) is 83.0 cm³/mol. The second-order valence-electron chi connectivity index (χ2n) is 6.40. The van der Waals surface area contributed by atoms with Gasteiger partial charge in [-0.15, -0.1) is 11.6 Å². The smallest absolute Gasteiger partial charge is 0.160 e. The Hall–Kier alpha value is -1.09. The van der Waals surface area contributed by atoms with Gasteiger partial charge in [-0.2, -0.15) is 0 Å². The van der Waals surface area contributed by atoms with Crippen LogP contribution in [0, 0.1) is 18.8 Å². The summed E-state index contributed by atoms with van der Waals surface area (Å²) >= 11 is 6.12. The molecule has 1 saturated carbocycles. The molecule has 0 bridgehead atoms. The highest BCUT2D eigenvalue weighted by Gasteiger charge is 2.28. The molecule has 2 aromatic rings. The van der Waals surface area contributed by atoms with Crippen LogP contribution in [0.3, 0.4) is 0 Å². The van der Waals surface area contributed by atoms with Crippen LogP contribution < -0.4 is 0 Å². The van der Waals surface area contributed by atoms with Crippen molar-refractivity contribution in [1.29, 1.82) is 0 Å². The zero-order chi connectivity index (χ0) is 14.3. The third-order valence-corrected chi connectivity index (χ3v) is 4.63. The highest BCUT2D eigenvalue weighted by molar-refractivity contribution is 6.16. The summed E-state index contributed by atoms with van der Waals surface area (Å²) in [6.07, 6.45) is 3.73. The van der Waals surface area contributed by atoms with E-state index < -0.39 is 0 Å². The Labute approximate surface area is 125 Å². The highest BCUT2D eigenvalue weighted by atomic mass is 35.5. The number of pyridine rings is 1. The van der Waals surface area contributed by atoms with Gasteiger partial charge in [-0.25, -0.2) is 9.97 Å². The SMILES string of the molecule is Cc1ccc2nc(CCl)n(C3CC(C)CC(C)C3)c2n1. The molecule has 108 valence electrons. The number of imidazole rings is 1. The Balaban J connectivity index is 2.10. The summed E-state index contributed by atoms with van der Waals surface area (Å²) in [5.41, 5.74) is 3.01. The standard InChI is InChI=1S/C16H22ClN3/c1-10-6-11(2)8-13(7-10)20-15(9-17)19-14-5-4-12(3)18-16(14)20/h4-5,10-11,13H,6-9H2,1-3H3. The number of aryl methyl sites for hydroxylation is 1. The Morgan fingerprint density at radius 3 is 2.50 bits per heavy atom. The van der Waals surface area contributed by atoms with Crippen molar-refractivity contribution >= 4 is 22.8 Å². The molecule has 4 heteroatoms. The number of aromatic nitrogens is 3. The van der Waals surface area contributed by atoms with E-state index in [1.165, 1.54) is 19.3 Å². The van der Waals surface area contributed by atoms with Crippen molar-refractivity contribution in [2.24, 2.45) is 11.8 Å². The summed E-state index contributed by atoms with van der Waals surface area (Å²) < 4.78 is 2.31. The van der Waals surface area contributed by atoms with E-state index >= 15 is 0 Å². The van der Waals surface area contributed by atoms with Crippen LogP contribution in [0.2, 0.25) is 0 Å². The first-order chi connectivity index (χ1) is 9.58. The van der Waals surface area contributed by atoms with E-state index in [4.69, 9.17) is 16.6 Å². The normalized spacial score (nSPS) is 27.1. The minimum absolute atomic E-state index is 0.453. The molecule has 2 atom stereocenters. The number of nitrogens with zero attached hydrogens (tertiary/aromatic N) is 3. The summed E-state index contributed by atoms with van der Waals surface area (Å²) in [5, 5.41) is 0. The van der Waals surface area contributed by atoms with Gasteiger partial charge in [0.25, 0.3) is 0 Å². The van der Waals surface area contributed by atoms with Crippen molar-refractivity contribution in [3.63, 3.8) is 0 Å². The van der Waals surface area contributed by atoms with Gasteiger partial charge in [-0.1, -0.05) is 13.8 Å². The van der Waals surface area contributed by atoms with Gasteiger partial charge < -0.3 is 4.57 Å². The molecule has 1 aliphatic rings. The lowest BCUT2D eigenvalue weighted by Crippen LogP contribution is -2.24. The molecule has 0 saturated heterocycles. The minimum Gasteiger partial charge on any atom is -0.309 e. The van der Waals surface area contributed by atoms with Gasteiger partial charge in [0, 0.05) is 11.7 Å². The lowest BCUT2D eigenvalue weighted by molar-refractivity contribution is 0.222. The molecular weight excluding hydrogens is 270 g/mol. The van der Waals surface area contributed by atoms with Crippen LogP contribution in [0.4, 0.5) is 0 Å². The molecule has 0 aliphatic heterocycles. The van der Waals surface area contributed by atoms with Crippen molar-refractivity contribution in [1.82, 2.24) is 14.5 Å². The second kappa shape index (κ2) is 5.36. The maximum atomic E-state index is 6.12. The van der Waals surface area contributed by atoms with Gasteiger partial charge in [-0.3, -0.25) is 0 Å². The van der Waals surface area contributed by atoms with Gasteiger partial charge in [0.2, 0.25) is 0 Å². The molecule has 2 unspecified atom stereocenters. The summed E-state index contributed by atoms with van der Waals surface area (Å²) in [6, 6.07) is 4.56. The largest absolute Gasteiger partial charge is 0.309 e. The number of fused-ring (bicyclic) bond motifs is 1. The highest BCUT2D eigenvalue weighted by Crippen LogP contribution is 2.38. The lowest BCUT2D eigenvalue weighted by Gasteiger charge is -2.33. The van der Waals surface area contributed by atoms with E-state index in [1.54, 1.807) is 0 Å². The third kappa shape index (κ3) is 2.44. The minimum atomic E-state index is 0.453. The Morgan fingerprint density at radius 2 is 1.85 bits per heavy atom. The molecule has 2 heterocycles. The van der Waals surface area contributed by atoms with Crippen molar-refractivity contribution in [2.45, 2.75) is 52.0 Å². The van der Waals surface area contributed by atoms with Crippen molar-refractivity contribution in [3.8, 4) is 0 Å². The maximum Gasteiger partial charge on any atom is 0.160 e. The summed E-state index contributed by atoms with van der Waals surface area (Å²) in [7, 11) is 0. The average molecular weight is 292 g/mol. The topological polar surface area (TPSA) is 30.7 Å². The van der Waals surface area contributed by atoms with Gasteiger partial charge in [0.1, 0.15) is 11.3 Å². The van der Waals surface area contributed by atoms with E-state index in [-0.39, 0.29) is 0 Å². The lowest BCUT2D eigenvalue weighted by atomic mass is 9.80. The zero-order valence-electron chi connectivity index (χ0n) is 12.4. The first-order valence-corrected chi connectivity index (χ1v) is 8.02. The van der Waals surface area contributed by atoms with E-state index in [2.05, 4.69) is 29.5 Å². The second-order valence-corrected chi connectivity index (χ2v) is 6.67. The first-order valence-electron chi connectivity index (χ1n) is 7.49. The molecule has 0 aromatic carbocycles. The molecule has 3 nitrogen and oxygen atoms in total. The molecule has 3 rings (SSSR count). The molecule has 0 N–H and O–H groups in total. The predicted octanol–water partition coefficient (Wildman–Crippen LogP) is 4.48. The molecule has 1 aliphatic carbocycles. The number of hydrogen-bond acceptors (Lipinski definition) is 2. The van der Waals surface area contributed by atoms with Crippen LogP contribution >= 0.6 is 11.6 Å². The van der Waals surface area contributed by atoms with Crippen molar-refractivity contribution in [3.05, 3.63) is 23.7 Å². The summed E-state index contributed by atoms with van der Waals surface area (Å²) in [6.45, 7) is 6.73. The Morgan fingerprint density at radius 1 is 1.15 bits per heavy atom. The maximum absolute atomic E-state index is 6.12. The molecule has 0 amide bonds. The average Bonchev–Trinajstić information content (AvgIpc) is 2.75. The quantitative estimate of drug-likeness (QED) is 0.764. The van der Waals surface area contributed by atoms with Crippen LogP contribution in [0.1, 0.15) is 50.7 Å². The molecule has 0 spiro atoms. The molecule has 0 radical (unpaired) electrons. The first kappa shape index (κ1) is 13.9. The fourth-order valence-corrected chi connectivity index (χ4v) is 3.90. The number of alkyl halides is 1. The van der Waals surface area contributed by atoms with Crippen LogP contribution in [-0.4, -0.2) is 14.5 Å². The summed E-state index contributed by atoms with van der Waals surface area (Å²) in [4.78, 5) is 9.38. The fraction of sp³-hybridized carbons (Fsp3) is 0.625. The number of halogens is 1. The van der Waals surface area contributed by atoms with Gasteiger partial charge in [0.05, 0.1) is 5.88 Å². The summed E-state index contributed by atoms with van der Waals surface area (Å²) in [5.74, 6) is 2.93. The zero-order valence-corrected chi connectivity index (χ0v) is 13.2. The number of hydrogen-bond donors (Lipinski definition) is 0. The van der Waals surface area contributed by atoms with Crippen molar-refractivity contribution < 1.29 is 0 Å². The van der Waals surface area contributed by atoms with Crippen LogP contribution in [0.15, 0.2) is 12.1 Å². The van der Waals surface area contributed by atoms with Crippen LogP contribution in [0.5, 0.6) is 0 Å². The Bertz CT molecular complexity index is 609. The van der Waals surface area contributed by atoms with E-state index in [0.29, 0.717) is 11.9 Å². The Kier molecular flexibility index (Phi) is 3.72. The number of rotatable bonds is 2. The van der Waals surface area contributed by atoms with Gasteiger partial charge >= 0.3 is 0 Å². The third-order valence-electron chi connectivity index (χ3n) is 4.39. The molecule has 1 fully saturated rings. The van der Waals surface area contributed by atoms with E-state index in [1.807, 2.05) is 13.0 Å². The van der Waals surface area contributed by atoms with Gasteiger partial charge in [-0.05, 0) is 50.2 Å². The van der Waals surface area contributed by atoms with Gasteiger partial charge in [0.15, 0.2) is 5.65 Å². The molecular formula is C16H22ClN3. The van der Waals surface area contributed by atoms with E-state index in [0.717, 1.165) is 34.5 Å². The van der Waals surface area contributed by atoms with Crippen LogP contribution in [0.25, 0.3) is 11.2 Å². The molecule has 2 aromatic heterocycles. The monoisotopic (exact) mass is 291 g/mol. The van der Waals surface area contributed by atoms with E-state index in [9.17, 15) is 0 Å².